The van der Waals surface area contributed by atoms with Gasteiger partial charge >= 0.3 is 0 Å². The van der Waals surface area contributed by atoms with Crippen molar-refractivity contribution in [2.24, 2.45) is 15.7 Å². The van der Waals surface area contributed by atoms with Crippen molar-refractivity contribution in [2.75, 3.05) is 20.3 Å². The van der Waals surface area contributed by atoms with E-state index >= 15 is 0 Å². The monoisotopic (exact) mass is 309 g/mol. The van der Waals surface area contributed by atoms with E-state index in [1.165, 1.54) is 6.34 Å². The van der Waals surface area contributed by atoms with Gasteiger partial charge in [0.15, 0.2) is 0 Å². The maximum Gasteiger partial charge on any atom is 0.149 e. The minimum absolute atomic E-state index is 0.515. The van der Waals surface area contributed by atoms with Crippen LogP contribution in [0.2, 0.25) is 0 Å². The predicted octanol–water partition coefficient (Wildman–Crippen LogP) is 2.22. The minimum atomic E-state index is -0.847. The molecule has 2 rings (SSSR count). The zero-order valence-corrected chi connectivity index (χ0v) is 13.0. The van der Waals surface area contributed by atoms with Crippen molar-refractivity contribution in [1.29, 1.82) is 0 Å². The van der Waals surface area contributed by atoms with Gasteiger partial charge in [0.05, 0.1) is 18.4 Å². The Labute approximate surface area is 129 Å². The molecule has 0 bridgehead atoms. The molecule has 1 aromatic rings. The van der Waals surface area contributed by atoms with Crippen LogP contribution in [0.1, 0.15) is 18.9 Å². The van der Waals surface area contributed by atoms with Gasteiger partial charge in [0.25, 0.3) is 0 Å². The first kappa shape index (κ1) is 15.9. The fraction of sp³-hybridized carbons (Fsp3) is 0.467. The number of rotatable bonds is 6. The van der Waals surface area contributed by atoms with Crippen LogP contribution in [0.4, 0.5) is 0 Å². The van der Waals surface area contributed by atoms with Crippen LogP contribution < -0.4 is 10.5 Å². The molecule has 114 valence electrons. The van der Waals surface area contributed by atoms with Crippen molar-refractivity contribution in [3.63, 3.8) is 0 Å². The van der Waals surface area contributed by atoms with Crippen molar-refractivity contribution < 1.29 is 9.47 Å². The Morgan fingerprint density at radius 2 is 2.05 bits per heavy atom. The van der Waals surface area contributed by atoms with Gasteiger partial charge in [-0.05, 0) is 43.2 Å². The number of hydrogen-bond donors (Lipinski definition) is 1. The highest BCUT2D eigenvalue weighted by Gasteiger charge is 2.41. The standard InChI is InChI=1S/C15H20ClN3O2/c1-3-21-9-8-15(17)13(18-10-19-14(15)16)11-4-6-12(20-2)7-5-11/h4-7,10,14H,3,8-9,17H2,1-2H3. The number of aliphatic imine (C=N–C) groups is 2. The molecule has 0 spiro atoms. The molecule has 0 aliphatic carbocycles. The van der Waals surface area contributed by atoms with Gasteiger partial charge in [-0.3, -0.25) is 4.99 Å². The molecule has 0 fully saturated rings. The Morgan fingerprint density at radius 1 is 1.33 bits per heavy atom. The molecule has 1 aliphatic heterocycles. The molecule has 0 saturated heterocycles. The first-order chi connectivity index (χ1) is 10.1. The second-order valence-electron chi connectivity index (χ2n) is 4.79. The van der Waals surface area contributed by atoms with Crippen LogP contribution in [-0.4, -0.2) is 43.4 Å². The minimum Gasteiger partial charge on any atom is -0.497 e. The van der Waals surface area contributed by atoms with Gasteiger partial charge in [-0.15, -0.1) is 0 Å². The van der Waals surface area contributed by atoms with Crippen LogP contribution in [0.15, 0.2) is 34.3 Å². The summed E-state index contributed by atoms with van der Waals surface area (Å²) in [6, 6.07) is 7.58. The first-order valence-corrected chi connectivity index (χ1v) is 7.30. The lowest BCUT2D eigenvalue weighted by Crippen LogP contribution is -2.57. The van der Waals surface area contributed by atoms with E-state index in [4.69, 9.17) is 26.8 Å². The Balaban J connectivity index is 2.28. The quantitative estimate of drug-likeness (QED) is 0.497. The summed E-state index contributed by atoms with van der Waals surface area (Å²) in [6.07, 6.45) is 2.01. The van der Waals surface area contributed by atoms with Crippen molar-refractivity contribution in [2.45, 2.75) is 24.4 Å². The first-order valence-electron chi connectivity index (χ1n) is 6.87. The third-order valence-corrected chi connectivity index (χ3v) is 3.98. The molecule has 1 aromatic carbocycles. The van der Waals surface area contributed by atoms with E-state index in [1.807, 2.05) is 31.2 Å². The fourth-order valence-electron chi connectivity index (χ4n) is 2.23. The molecular formula is C15H20ClN3O2. The maximum absolute atomic E-state index is 6.50. The topological polar surface area (TPSA) is 69.2 Å². The van der Waals surface area contributed by atoms with Crippen molar-refractivity contribution in [3.8, 4) is 5.75 Å². The number of ether oxygens (including phenoxy) is 2. The van der Waals surface area contributed by atoms with Gasteiger partial charge in [-0.1, -0.05) is 11.6 Å². The lowest BCUT2D eigenvalue weighted by molar-refractivity contribution is 0.134. The Hall–Kier alpha value is -1.43. The SMILES string of the molecule is CCOCCC1(N)C(c2ccc(OC)cc2)=NC=NC1Cl. The molecule has 6 heteroatoms. The highest BCUT2D eigenvalue weighted by atomic mass is 35.5. The molecule has 1 aliphatic rings. The van der Waals surface area contributed by atoms with E-state index in [2.05, 4.69) is 9.98 Å². The van der Waals surface area contributed by atoms with Crippen LogP contribution in [-0.2, 0) is 4.74 Å². The fourth-order valence-corrected chi connectivity index (χ4v) is 2.49. The lowest BCUT2D eigenvalue weighted by atomic mass is 9.85. The van der Waals surface area contributed by atoms with E-state index in [0.29, 0.717) is 19.6 Å². The van der Waals surface area contributed by atoms with Crippen LogP contribution in [0.3, 0.4) is 0 Å². The average Bonchev–Trinajstić information content (AvgIpc) is 2.51. The van der Waals surface area contributed by atoms with Crippen molar-refractivity contribution in [1.82, 2.24) is 0 Å². The molecular weight excluding hydrogens is 290 g/mol. The number of halogens is 1. The number of methoxy groups -OCH3 is 1. The van der Waals surface area contributed by atoms with Gasteiger partial charge in [0, 0.05) is 13.2 Å². The zero-order chi connectivity index (χ0) is 15.3. The number of benzene rings is 1. The smallest absolute Gasteiger partial charge is 0.149 e. The van der Waals surface area contributed by atoms with Crippen LogP contribution >= 0.6 is 11.6 Å². The molecule has 0 radical (unpaired) electrons. The van der Waals surface area contributed by atoms with Gasteiger partial charge in [-0.25, -0.2) is 4.99 Å². The summed E-state index contributed by atoms with van der Waals surface area (Å²) in [5, 5.41) is 0. The Bertz CT molecular complexity index is 530. The maximum atomic E-state index is 6.50. The summed E-state index contributed by atoms with van der Waals surface area (Å²) >= 11 is 6.32. The molecule has 2 N–H and O–H groups in total. The summed E-state index contributed by atoms with van der Waals surface area (Å²) in [6.45, 7) is 3.10. The summed E-state index contributed by atoms with van der Waals surface area (Å²) in [7, 11) is 1.63. The van der Waals surface area contributed by atoms with Gasteiger partial charge in [0.2, 0.25) is 0 Å². The second kappa shape index (κ2) is 7.02. The van der Waals surface area contributed by atoms with Gasteiger partial charge in [0.1, 0.15) is 17.6 Å². The largest absolute Gasteiger partial charge is 0.497 e. The number of alkyl halides is 1. The number of hydrogen-bond acceptors (Lipinski definition) is 5. The van der Waals surface area contributed by atoms with Crippen LogP contribution in [0.5, 0.6) is 5.75 Å². The zero-order valence-electron chi connectivity index (χ0n) is 12.3. The third kappa shape index (κ3) is 3.43. The average molecular weight is 310 g/mol. The van der Waals surface area contributed by atoms with Crippen molar-refractivity contribution >= 4 is 23.7 Å². The normalized spacial score (nSPS) is 24.8. The van der Waals surface area contributed by atoms with E-state index in [-0.39, 0.29) is 0 Å². The molecule has 0 aromatic heterocycles. The van der Waals surface area contributed by atoms with E-state index in [9.17, 15) is 0 Å². The molecule has 2 atom stereocenters. The highest BCUT2D eigenvalue weighted by molar-refractivity contribution is 6.27. The molecule has 1 heterocycles. The molecule has 5 nitrogen and oxygen atoms in total. The van der Waals surface area contributed by atoms with Gasteiger partial charge in [-0.2, -0.15) is 0 Å². The van der Waals surface area contributed by atoms with E-state index < -0.39 is 11.0 Å². The van der Waals surface area contributed by atoms with Gasteiger partial charge < -0.3 is 15.2 Å². The lowest BCUT2D eigenvalue weighted by Gasteiger charge is -2.35. The third-order valence-electron chi connectivity index (χ3n) is 3.48. The second-order valence-corrected chi connectivity index (χ2v) is 5.21. The molecule has 2 unspecified atom stereocenters. The van der Waals surface area contributed by atoms with E-state index in [0.717, 1.165) is 17.0 Å². The summed E-state index contributed by atoms with van der Waals surface area (Å²) in [5.41, 5.74) is 6.72. The molecule has 0 saturated carbocycles. The highest BCUT2D eigenvalue weighted by Crippen LogP contribution is 2.28. The van der Waals surface area contributed by atoms with Crippen LogP contribution in [0.25, 0.3) is 0 Å². The Kier molecular flexibility index (Phi) is 5.33. The van der Waals surface area contributed by atoms with E-state index in [1.54, 1.807) is 7.11 Å². The summed E-state index contributed by atoms with van der Waals surface area (Å²) < 4.78 is 10.6. The van der Waals surface area contributed by atoms with Crippen molar-refractivity contribution in [3.05, 3.63) is 29.8 Å². The molecule has 21 heavy (non-hydrogen) atoms. The number of nitrogens with zero attached hydrogens (tertiary/aromatic N) is 2. The Morgan fingerprint density at radius 3 is 2.67 bits per heavy atom. The number of nitrogens with two attached hydrogens (primary N) is 1. The molecule has 0 amide bonds. The predicted molar refractivity (Wildman–Crippen MR) is 85.7 cm³/mol. The summed E-state index contributed by atoms with van der Waals surface area (Å²) in [4.78, 5) is 8.48. The van der Waals surface area contributed by atoms with Crippen LogP contribution in [0, 0.1) is 0 Å². The summed E-state index contributed by atoms with van der Waals surface area (Å²) in [5.74, 6) is 0.781.